The summed E-state index contributed by atoms with van der Waals surface area (Å²) in [7, 11) is 0. The van der Waals surface area contributed by atoms with Crippen molar-refractivity contribution in [3.63, 3.8) is 0 Å². The molecule has 1 N–H and O–H groups in total. The van der Waals surface area contributed by atoms with Crippen LogP contribution in [0.15, 0.2) is 36.4 Å². The van der Waals surface area contributed by atoms with Crippen LogP contribution in [0.2, 0.25) is 0 Å². The number of hydrogen-bond donors (Lipinski definition) is 1. The van der Waals surface area contributed by atoms with E-state index in [0.29, 0.717) is 0 Å². The lowest BCUT2D eigenvalue weighted by molar-refractivity contribution is 0.603. The van der Waals surface area contributed by atoms with Gasteiger partial charge in [-0.15, -0.1) is 6.58 Å². The molecule has 3 rings (SSSR count). The molecule has 1 aromatic heterocycles. The van der Waals surface area contributed by atoms with Gasteiger partial charge in [0.15, 0.2) is 0 Å². The summed E-state index contributed by atoms with van der Waals surface area (Å²) in [6.07, 6.45) is 3.61. The van der Waals surface area contributed by atoms with Gasteiger partial charge in [-0.1, -0.05) is 23.8 Å². The first kappa shape index (κ1) is 12.4. The summed E-state index contributed by atoms with van der Waals surface area (Å²) in [5, 5.41) is 9.60. The van der Waals surface area contributed by atoms with Gasteiger partial charge in [-0.3, -0.25) is 4.68 Å². The molecule has 0 radical (unpaired) electrons. The third-order valence-electron chi connectivity index (χ3n) is 3.62. The van der Waals surface area contributed by atoms with Crippen molar-refractivity contribution in [2.75, 3.05) is 0 Å². The SMILES string of the molecule is C=C(C)CCn1nc(CNC2CC2)c2ccccc21. The molecule has 1 fully saturated rings. The summed E-state index contributed by atoms with van der Waals surface area (Å²) in [4.78, 5) is 0. The normalized spacial score (nSPS) is 15.0. The number of nitrogens with one attached hydrogen (secondary N) is 1. The van der Waals surface area contributed by atoms with E-state index in [2.05, 4.69) is 47.8 Å². The number of allylic oxidation sites excluding steroid dienone is 1. The molecule has 1 aliphatic carbocycles. The number of fused-ring (bicyclic) bond motifs is 1. The first-order chi connectivity index (χ1) is 9.24. The zero-order chi connectivity index (χ0) is 13.2. The maximum absolute atomic E-state index is 4.77. The third-order valence-corrected chi connectivity index (χ3v) is 3.62. The van der Waals surface area contributed by atoms with Gasteiger partial charge in [0, 0.05) is 24.5 Å². The number of aryl methyl sites for hydroxylation is 1. The Morgan fingerprint density at radius 2 is 2.21 bits per heavy atom. The predicted molar refractivity (Wildman–Crippen MR) is 79.0 cm³/mol. The molecule has 0 saturated heterocycles. The molecule has 2 aromatic rings. The number of aromatic nitrogens is 2. The Hall–Kier alpha value is -1.61. The summed E-state index contributed by atoms with van der Waals surface area (Å²) in [6.45, 7) is 7.84. The van der Waals surface area contributed by atoms with Crippen molar-refractivity contribution in [2.45, 2.75) is 45.3 Å². The molecule has 1 aliphatic rings. The van der Waals surface area contributed by atoms with Crippen molar-refractivity contribution < 1.29 is 0 Å². The third kappa shape index (κ3) is 2.87. The molecule has 0 aliphatic heterocycles. The molecule has 3 nitrogen and oxygen atoms in total. The molecule has 19 heavy (non-hydrogen) atoms. The Balaban J connectivity index is 1.85. The summed E-state index contributed by atoms with van der Waals surface area (Å²) in [6, 6.07) is 9.22. The van der Waals surface area contributed by atoms with Crippen LogP contribution >= 0.6 is 0 Å². The molecular weight excluding hydrogens is 234 g/mol. The highest BCUT2D eigenvalue weighted by atomic mass is 15.3. The highest BCUT2D eigenvalue weighted by Gasteiger charge is 2.21. The molecule has 1 saturated carbocycles. The van der Waals surface area contributed by atoms with Crippen LogP contribution in [0.5, 0.6) is 0 Å². The second-order valence-electron chi connectivity index (χ2n) is 5.55. The highest BCUT2D eigenvalue weighted by Crippen LogP contribution is 2.22. The van der Waals surface area contributed by atoms with Crippen molar-refractivity contribution in [1.29, 1.82) is 0 Å². The van der Waals surface area contributed by atoms with E-state index in [4.69, 9.17) is 5.10 Å². The van der Waals surface area contributed by atoms with Crippen LogP contribution in [0.25, 0.3) is 10.9 Å². The number of para-hydroxylation sites is 1. The molecule has 100 valence electrons. The van der Waals surface area contributed by atoms with Crippen molar-refractivity contribution in [2.24, 2.45) is 0 Å². The Labute approximate surface area is 114 Å². The summed E-state index contributed by atoms with van der Waals surface area (Å²) >= 11 is 0. The first-order valence-corrected chi connectivity index (χ1v) is 7.06. The van der Waals surface area contributed by atoms with Crippen LogP contribution < -0.4 is 5.32 Å². The van der Waals surface area contributed by atoms with Crippen LogP contribution in [0, 0.1) is 0 Å². The van der Waals surface area contributed by atoms with E-state index in [1.807, 2.05) is 0 Å². The van der Waals surface area contributed by atoms with Gasteiger partial charge in [0.1, 0.15) is 0 Å². The van der Waals surface area contributed by atoms with Gasteiger partial charge >= 0.3 is 0 Å². The van der Waals surface area contributed by atoms with Crippen LogP contribution in [-0.2, 0) is 13.1 Å². The molecule has 0 amide bonds. The van der Waals surface area contributed by atoms with Crippen LogP contribution in [0.3, 0.4) is 0 Å². The molecule has 0 atom stereocenters. The van der Waals surface area contributed by atoms with Gasteiger partial charge in [0.25, 0.3) is 0 Å². The minimum Gasteiger partial charge on any atom is -0.308 e. The lowest BCUT2D eigenvalue weighted by atomic mass is 10.2. The summed E-state index contributed by atoms with van der Waals surface area (Å²) < 4.78 is 2.12. The van der Waals surface area contributed by atoms with Crippen molar-refractivity contribution >= 4 is 10.9 Å². The number of nitrogens with zero attached hydrogens (tertiary/aromatic N) is 2. The topological polar surface area (TPSA) is 29.9 Å². The molecule has 1 aromatic carbocycles. The fraction of sp³-hybridized carbons (Fsp3) is 0.438. The van der Waals surface area contributed by atoms with Gasteiger partial charge < -0.3 is 5.32 Å². The van der Waals surface area contributed by atoms with Crippen LogP contribution in [-0.4, -0.2) is 15.8 Å². The lowest BCUT2D eigenvalue weighted by Crippen LogP contribution is -2.16. The van der Waals surface area contributed by atoms with E-state index in [9.17, 15) is 0 Å². The number of rotatable bonds is 6. The van der Waals surface area contributed by atoms with E-state index < -0.39 is 0 Å². The molecule has 0 spiro atoms. The maximum atomic E-state index is 4.77. The fourth-order valence-corrected chi connectivity index (χ4v) is 2.32. The quantitative estimate of drug-likeness (QED) is 0.803. The van der Waals surface area contributed by atoms with Crippen molar-refractivity contribution in [3.05, 3.63) is 42.1 Å². The Kier molecular flexibility index (Phi) is 3.38. The van der Waals surface area contributed by atoms with Gasteiger partial charge in [-0.25, -0.2) is 0 Å². The first-order valence-electron chi connectivity index (χ1n) is 7.06. The Morgan fingerprint density at radius 1 is 1.42 bits per heavy atom. The minimum atomic E-state index is 0.722. The monoisotopic (exact) mass is 255 g/mol. The van der Waals surface area contributed by atoms with Crippen molar-refractivity contribution in [3.8, 4) is 0 Å². The molecule has 3 heteroatoms. The second kappa shape index (κ2) is 5.17. The van der Waals surface area contributed by atoms with Crippen LogP contribution in [0.4, 0.5) is 0 Å². The number of benzene rings is 1. The second-order valence-corrected chi connectivity index (χ2v) is 5.55. The Morgan fingerprint density at radius 3 is 2.95 bits per heavy atom. The minimum absolute atomic E-state index is 0.722. The van der Waals surface area contributed by atoms with Crippen LogP contribution in [0.1, 0.15) is 31.9 Å². The smallest absolute Gasteiger partial charge is 0.0841 e. The average Bonchev–Trinajstić information content (AvgIpc) is 3.16. The maximum Gasteiger partial charge on any atom is 0.0841 e. The molecule has 1 heterocycles. The van der Waals surface area contributed by atoms with E-state index in [0.717, 1.165) is 25.6 Å². The zero-order valence-corrected chi connectivity index (χ0v) is 11.5. The van der Waals surface area contributed by atoms with E-state index >= 15 is 0 Å². The fourth-order valence-electron chi connectivity index (χ4n) is 2.32. The van der Waals surface area contributed by atoms with Gasteiger partial charge in [0.05, 0.1) is 11.2 Å². The standard InChI is InChI=1S/C16H21N3/c1-12(2)9-10-19-16-6-4-3-5-14(16)15(18-19)11-17-13-7-8-13/h3-6,13,17H,1,7-11H2,2H3. The van der Waals surface area contributed by atoms with Crippen molar-refractivity contribution in [1.82, 2.24) is 15.1 Å². The number of hydrogen-bond acceptors (Lipinski definition) is 2. The van der Waals surface area contributed by atoms with Gasteiger partial charge in [0.2, 0.25) is 0 Å². The lowest BCUT2D eigenvalue weighted by Gasteiger charge is -2.02. The average molecular weight is 255 g/mol. The Bertz CT molecular complexity index is 593. The predicted octanol–water partition coefficient (Wildman–Crippen LogP) is 3.25. The van der Waals surface area contributed by atoms with Gasteiger partial charge in [-0.2, -0.15) is 5.10 Å². The zero-order valence-electron chi connectivity index (χ0n) is 11.5. The summed E-state index contributed by atoms with van der Waals surface area (Å²) in [5.74, 6) is 0. The van der Waals surface area contributed by atoms with Gasteiger partial charge in [-0.05, 0) is 32.3 Å². The van der Waals surface area contributed by atoms with E-state index in [1.165, 1.54) is 35.0 Å². The highest BCUT2D eigenvalue weighted by molar-refractivity contribution is 5.81. The van der Waals surface area contributed by atoms with E-state index in [1.54, 1.807) is 0 Å². The molecule has 0 unspecified atom stereocenters. The molecule has 0 bridgehead atoms. The van der Waals surface area contributed by atoms with E-state index in [-0.39, 0.29) is 0 Å². The molecular formula is C16H21N3. The largest absolute Gasteiger partial charge is 0.308 e. The summed E-state index contributed by atoms with van der Waals surface area (Å²) in [5.41, 5.74) is 3.61.